The van der Waals surface area contributed by atoms with Gasteiger partial charge in [0, 0.05) is 25.7 Å². The molecule has 0 heterocycles. The van der Waals surface area contributed by atoms with E-state index in [0.29, 0.717) is 25.0 Å². The molecule has 606 valence electrons. The SMILES string of the molecule is CSCC[C@H](NC(=O)[C@@H](N)CO)C(=O)N[C@@H](CCC(N)=O)C(=O)N[C@@H](C)C(=O)N[C@@H](CO)C(=O)N[C@@H](CC(C)C)C(=O)N[C@@H](CCC(=O)O)C(=O)N[C@@H](C)C(=O)N[C@@H](CCC(N)=O)C(=O)N[C@@H](C)C(=O)N[C@@H](CCCCN)C(=O)NCC(=O)N[C@@H](CCCCN)C(=O)N[C@@H](C)C(=O)N[C@@H](CCC(=O)O)C(=O)O. The molecule has 43 nitrogen and oxygen atoms in total. The number of thioether (sulfide) groups is 1. The van der Waals surface area contributed by atoms with Gasteiger partial charge in [0.1, 0.15) is 84.6 Å². The predicted molar refractivity (Wildman–Crippen MR) is 379 cm³/mol. The number of hydrogen-bond donors (Lipinski definition) is 24. The van der Waals surface area contributed by atoms with Crippen LogP contribution in [0.1, 0.15) is 144 Å². The molecule has 0 aliphatic rings. The maximum atomic E-state index is 14.0. The summed E-state index contributed by atoms with van der Waals surface area (Å²) in [7, 11) is 0. The van der Waals surface area contributed by atoms with Crippen molar-refractivity contribution in [3.05, 3.63) is 0 Å². The molecule has 0 spiro atoms. The van der Waals surface area contributed by atoms with Crippen LogP contribution in [0.2, 0.25) is 0 Å². The van der Waals surface area contributed by atoms with Crippen LogP contribution in [-0.2, 0) is 91.1 Å². The van der Waals surface area contributed by atoms with Gasteiger partial charge >= 0.3 is 17.9 Å². The first-order valence-electron chi connectivity index (χ1n) is 34.5. The van der Waals surface area contributed by atoms with Crippen LogP contribution in [0.15, 0.2) is 0 Å². The molecule has 0 aliphatic carbocycles. The van der Waals surface area contributed by atoms with Gasteiger partial charge in [-0.15, -0.1) is 0 Å². The molecule has 44 heteroatoms. The maximum absolute atomic E-state index is 14.0. The van der Waals surface area contributed by atoms with Crippen molar-refractivity contribution in [2.75, 3.05) is 44.9 Å². The molecule has 14 atom stereocenters. The molecule has 0 aromatic heterocycles. The molecule has 0 unspecified atom stereocenters. The number of carbonyl (C=O) groups excluding carboxylic acids is 16. The van der Waals surface area contributed by atoms with Gasteiger partial charge in [0.25, 0.3) is 0 Å². The summed E-state index contributed by atoms with van der Waals surface area (Å²) < 4.78 is 0. The zero-order valence-electron chi connectivity index (χ0n) is 61.0. The number of carboxylic acids is 3. The fourth-order valence-corrected chi connectivity index (χ4v) is 9.99. The van der Waals surface area contributed by atoms with Crippen LogP contribution in [0.5, 0.6) is 0 Å². The number of unbranched alkanes of at least 4 members (excludes halogenated alkanes) is 2. The molecule has 0 radical (unpaired) electrons. The minimum atomic E-state index is -1.84. The van der Waals surface area contributed by atoms with E-state index in [1.807, 2.05) is 0 Å². The van der Waals surface area contributed by atoms with Gasteiger partial charge in [0.05, 0.1) is 19.8 Å². The molecule has 0 aromatic carbocycles. The van der Waals surface area contributed by atoms with Crippen molar-refractivity contribution < 1.29 is 117 Å². The summed E-state index contributed by atoms with van der Waals surface area (Å²) in [5.74, 6) is -20.4. The number of aliphatic hydroxyl groups excluding tert-OH is 2. The molecule has 0 fully saturated rings. The molecule has 0 rings (SSSR count). The number of aliphatic carboxylic acids is 3. The first-order chi connectivity index (χ1) is 50.2. The topological polar surface area (TPSA) is 724 Å². The van der Waals surface area contributed by atoms with E-state index in [4.69, 9.17) is 33.8 Å². The highest BCUT2D eigenvalue weighted by Gasteiger charge is 2.36. The lowest BCUT2D eigenvalue weighted by atomic mass is 10.0. The third-order valence-corrected chi connectivity index (χ3v) is 16.4. The lowest BCUT2D eigenvalue weighted by Gasteiger charge is -2.27. The minimum absolute atomic E-state index is 0.0162. The maximum Gasteiger partial charge on any atom is 0.326 e. The molecule has 29 N–H and O–H groups in total. The van der Waals surface area contributed by atoms with Crippen LogP contribution in [0.25, 0.3) is 0 Å². The third kappa shape index (κ3) is 40.4. The lowest BCUT2D eigenvalue weighted by molar-refractivity contribution is -0.143. The number of nitrogens with one attached hydrogen (secondary N) is 14. The highest BCUT2D eigenvalue weighted by Crippen LogP contribution is 2.12. The number of aliphatic hydroxyl groups is 2. The van der Waals surface area contributed by atoms with Crippen LogP contribution in [-0.4, -0.2) is 267 Å². The zero-order valence-corrected chi connectivity index (χ0v) is 61.8. The van der Waals surface area contributed by atoms with E-state index in [9.17, 15) is 112 Å². The smallest absolute Gasteiger partial charge is 0.326 e. The minimum Gasteiger partial charge on any atom is -0.481 e. The standard InChI is InChI=1S/C63H109N19O24S/c1-30(2)26-43(81-62(104)44(29-84)82-53(95)34(6)73-58(100)39(15-19-46(68)86)78-60(102)41(22-25-107-7)77-54(96)35(66)28-83)61(103)79-40(16-20-48(88)89)59(101)72-32(4)51(93)76-38(14-18-45(67)85)57(99)71-31(3)50(92)75-36(12-8-10-23-64)55(97)69-27-47(87)74-37(13-9-11-24-65)56(98)70-33(5)52(94)80-42(63(105)106)17-21-49(90)91/h30-44,83-84H,8-29,64-66H2,1-7H3,(H2,67,85)(H2,68,86)(H,69,97)(H,70,98)(H,71,99)(H,72,101)(H,73,100)(H,74,87)(H,75,92)(H,76,93)(H,77,96)(H,78,102)(H,79,103)(H,80,94)(H,81,104)(H,82,95)(H,88,89)(H,90,91)(H,105,106)/t31-,32-,33-,34-,35-,36-,37-,38-,39-,40-,41-,42-,43-,44-/m0/s1. The van der Waals surface area contributed by atoms with Gasteiger partial charge in [-0.1, -0.05) is 13.8 Å². The fraction of sp³-hybridized carbons (Fsp3) is 0.698. The van der Waals surface area contributed by atoms with E-state index in [1.54, 1.807) is 20.1 Å². The molecule has 107 heavy (non-hydrogen) atoms. The van der Waals surface area contributed by atoms with Gasteiger partial charge < -0.3 is 129 Å². The summed E-state index contributed by atoms with van der Waals surface area (Å²) >= 11 is 1.31. The predicted octanol–water partition coefficient (Wildman–Crippen LogP) is -9.80. The number of carboxylic acid groups (broad SMARTS) is 3. The molecule has 0 aliphatic heterocycles. The number of carbonyl (C=O) groups is 19. The molecule has 0 saturated heterocycles. The Bertz CT molecular complexity index is 3060. The monoisotopic (exact) mass is 1550 g/mol. The second-order valence-electron chi connectivity index (χ2n) is 25.4. The average molecular weight is 1550 g/mol. The number of hydrogen-bond acceptors (Lipinski definition) is 25. The summed E-state index contributed by atoms with van der Waals surface area (Å²) in [6.07, 6.45) is -1.49. The summed E-state index contributed by atoms with van der Waals surface area (Å²) in [6, 6.07) is -21.4. The van der Waals surface area contributed by atoms with Gasteiger partial charge in [-0.3, -0.25) is 86.3 Å². The second kappa shape index (κ2) is 52.1. The van der Waals surface area contributed by atoms with Crippen molar-refractivity contribution in [3.8, 4) is 0 Å². The Kier molecular flexibility index (Phi) is 47.3. The summed E-state index contributed by atoms with van der Waals surface area (Å²) in [5, 5.41) is 80.3. The van der Waals surface area contributed by atoms with Crippen LogP contribution in [0.3, 0.4) is 0 Å². The first kappa shape index (κ1) is 97.1. The molecular formula is C63H109N19O24S. The summed E-state index contributed by atoms with van der Waals surface area (Å²) in [5.41, 5.74) is 27.5. The second-order valence-corrected chi connectivity index (χ2v) is 26.4. The van der Waals surface area contributed by atoms with Crippen LogP contribution < -0.4 is 103 Å². The van der Waals surface area contributed by atoms with E-state index in [-0.39, 0.29) is 45.2 Å². The molecular weight excluding hydrogens is 1440 g/mol. The van der Waals surface area contributed by atoms with Crippen LogP contribution in [0.4, 0.5) is 0 Å². The van der Waals surface area contributed by atoms with Crippen molar-refractivity contribution in [1.29, 1.82) is 0 Å². The molecule has 16 amide bonds. The average Bonchev–Trinajstić information content (AvgIpc) is 0.912. The van der Waals surface area contributed by atoms with Gasteiger partial charge in [-0.25, -0.2) is 4.79 Å². The third-order valence-electron chi connectivity index (χ3n) is 15.7. The lowest BCUT2D eigenvalue weighted by Crippen LogP contribution is -2.60. The van der Waals surface area contributed by atoms with Crippen LogP contribution >= 0.6 is 11.8 Å². The summed E-state index contributed by atoms with van der Waals surface area (Å²) in [4.78, 5) is 247. The quantitative estimate of drug-likeness (QED) is 0.0251. The van der Waals surface area contributed by atoms with Gasteiger partial charge in [-0.05, 0) is 136 Å². The summed E-state index contributed by atoms with van der Waals surface area (Å²) in [6.45, 7) is 5.66. The molecule has 0 saturated carbocycles. The normalized spacial score (nSPS) is 14.9. The van der Waals surface area contributed by atoms with Gasteiger partial charge in [-0.2, -0.15) is 11.8 Å². The fourth-order valence-electron chi connectivity index (χ4n) is 9.52. The Hall–Kier alpha value is -9.92. The van der Waals surface area contributed by atoms with E-state index in [2.05, 4.69) is 74.4 Å². The van der Waals surface area contributed by atoms with E-state index >= 15 is 0 Å². The number of primary amides is 2. The van der Waals surface area contributed by atoms with Gasteiger partial charge in [0.2, 0.25) is 94.5 Å². The Labute approximate surface area is 621 Å². The first-order valence-corrected chi connectivity index (χ1v) is 35.9. The largest absolute Gasteiger partial charge is 0.481 e. The highest BCUT2D eigenvalue weighted by molar-refractivity contribution is 7.98. The Balaban J connectivity index is 6.40. The van der Waals surface area contributed by atoms with Crippen molar-refractivity contribution >= 4 is 124 Å². The van der Waals surface area contributed by atoms with Crippen LogP contribution in [0, 0.1) is 5.92 Å². The Morgan fingerprint density at radius 2 is 0.654 bits per heavy atom. The number of nitrogens with two attached hydrogens (primary N) is 5. The molecule has 0 bridgehead atoms. The Morgan fingerprint density at radius 1 is 0.346 bits per heavy atom. The van der Waals surface area contributed by atoms with Crippen molar-refractivity contribution in [2.45, 2.75) is 229 Å². The van der Waals surface area contributed by atoms with E-state index in [1.165, 1.54) is 25.6 Å². The zero-order chi connectivity index (χ0) is 81.8. The van der Waals surface area contributed by atoms with Crippen molar-refractivity contribution in [2.24, 2.45) is 34.6 Å². The van der Waals surface area contributed by atoms with E-state index < -0.39 is 274 Å². The van der Waals surface area contributed by atoms with Gasteiger partial charge in [0.15, 0.2) is 0 Å². The number of rotatable bonds is 56. The van der Waals surface area contributed by atoms with Crippen molar-refractivity contribution in [3.63, 3.8) is 0 Å². The van der Waals surface area contributed by atoms with E-state index in [0.717, 1.165) is 13.8 Å². The number of amides is 16. The highest BCUT2D eigenvalue weighted by atomic mass is 32.2. The van der Waals surface area contributed by atoms with Crippen molar-refractivity contribution in [1.82, 2.24) is 74.4 Å². The Morgan fingerprint density at radius 3 is 1.01 bits per heavy atom. The molecule has 0 aromatic rings.